The number of amides is 1. The Balaban J connectivity index is 1.96. The van der Waals surface area contributed by atoms with Crippen molar-refractivity contribution in [2.45, 2.75) is 46.2 Å². The van der Waals surface area contributed by atoms with Gasteiger partial charge in [-0.2, -0.15) is 4.99 Å². The minimum atomic E-state index is -0.587. The molecule has 1 heterocycles. The number of nitrogens with one attached hydrogen (secondary N) is 2. The van der Waals surface area contributed by atoms with Gasteiger partial charge in [0, 0.05) is 28.4 Å². The van der Waals surface area contributed by atoms with Gasteiger partial charge in [-0.15, -0.1) is 0 Å². The van der Waals surface area contributed by atoms with E-state index < -0.39 is 6.09 Å². The molecule has 0 spiro atoms. The third kappa shape index (κ3) is 5.55. The number of hydrogen-bond acceptors (Lipinski definition) is 3. The van der Waals surface area contributed by atoms with Gasteiger partial charge in [0.25, 0.3) is 0 Å². The lowest BCUT2D eigenvalue weighted by Crippen LogP contribution is -2.35. The second-order valence-corrected chi connectivity index (χ2v) is 8.06. The van der Waals surface area contributed by atoms with E-state index in [1.54, 1.807) is 0 Å². The first-order valence-corrected chi connectivity index (χ1v) is 10.0. The van der Waals surface area contributed by atoms with Gasteiger partial charge >= 0.3 is 6.09 Å². The molecule has 0 aliphatic carbocycles. The summed E-state index contributed by atoms with van der Waals surface area (Å²) < 4.78 is 5.12. The molecule has 0 aliphatic heterocycles. The molecule has 0 unspecified atom stereocenters. The minimum Gasteiger partial charge on any atom is -0.444 e. The maximum absolute atomic E-state index is 12.0. The highest BCUT2D eigenvalue weighted by Gasteiger charge is 2.12. The van der Waals surface area contributed by atoms with Crippen LogP contribution >= 0.6 is 0 Å². The van der Waals surface area contributed by atoms with Gasteiger partial charge < -0.3 is 15.0 Å². The molecule has 152 valence electrons. The second kappa shape index (κ2) is 9.05. The fraction of sp³-hybridized carbons (Fsp3) is 0.333. The smallest absolute Gasteiger partial charge is 0.434 e. The molecule has 0 saturated heterocycles. The highest BCUT2D eigenvalue weighted by atomic mass is 16.5. The van der Waals surface area contributed by atoms with Gasteiger partial charge in [-0.3, -0.25) is 0 Å². The third-order valence-electron chi connectivity index (χ3n) is 4.55. The van der Waals surface area contributed by atoms with Crippen LogP contribution < -0.4 is 10.7 Å². The lowest BCUT2D eigenvalue weighted by Gasteiger charge is -2.20. The van der Waals surface area contributed by atoms with Crippen LogP contribution in [0, 0.1) is 0 Å². The molecule has 0 bridgehead atoms. The molecule has 0 atom stereocenters. The highest BCUT2D eigenvalue weighted by Crippen LogP contribution is 2.26. The van der Waals surface area contributed by atoms with Gasteiger partial charge in [-0.05, 0) is 44.9 Å². The summed E-state index contributed by atoms with van der Waals surface area (Å²) in [5.41, 5.74) is 3.28. The van der Waals surface area contributed by atoms with E-state index in [9.17, 15) is 4.79 Å². The predicted octanol–water partition coefficient (Wildman–Crippen LogP) is 5.21. The molecule has 1 amide bonds. The van der Waals surface area contributed by atoms with E-state index in [1.807, 2.05) is 43.3 Å². The van der Waals surface area contributed by atoms with Crippen LogP contribution in [-0.2, 0) is 11.3 Å². The zero-order chi connectivity index (χ0) is 20.9. The second-order valence-electron chi connectivity index (χ2n) is 8.06. The number of fused-ring (bicyclic) bond motifs is 3. The zero-order valence-corrected chi connectivity index (χ0v) is 17.6. The number of hydrogen-bond donors (Lipinski definition) is 2. The van der Waals surface area contributed by atoms with Crippen LogP contribution in [0.4, 0.5) is 4.79 Å². The van der Waals surface area contributed by atoms with Crippen LogP contribution in [0.2, 0.25) is 0 Å². The van der Waals surface area contributed by atoms with Crippen molar-refractivity contribution in [2.75, 3.05) is 6.61 Å². The monoisotopic (exact) mass is 391 g/mol. The Morgan fingerprint density at radius 3 is 2.66 bits per heavy atom. The Morgan fingerprint density at radius 2 is 1.90 bits per heavy atom. The Morgan fingerprint density at radius 1 is 1.14 bits per heavy atom. The maximum atomic E-state index is 12.0. The van der Waals surface area contributed by atoms with E-state index >= 15 is 0 Å². The summed E-state index contributed by atoms with van der Waals surface area (Å²) in [7, 11) is 0. The van der Waals surface area contributed by atoms with E-state index in [2.05, 4.69) is 54.3 Å². The third-order valence-corrected chi connectivity index (χ3v) is 4.55. The summed E-state index contributed by atoms with van der Waals surface area (Å²) in [5.74, 6) is 0. The highest BCUT2D eigenvalue weighted by molar-refractivity contribution is 6.07. The molecule has 29 heavy (non-hydrogen) atoms. The van der Waals surface area contributed by atoms with Crippen LogP contribution in [0.5, 0.6) is 0 Å². The van der Waals surface area contributed by atoms with Crippen molar-refractivity contribution >= 4 is 27.9 Å². The Labute approximate surface area is 171 Å². The molecule has 0 fully saturated rings. The normalized spacial score (nSPS) is 12.9. The van der Waals surface area contributed by atoms with Gasteiger partial charge in [0.2, 0.25) is 0 Å². The first-order valence-electron chi connectivity index (χ1n) is 10.0. The molecule has 5 heteroatoms. The van der Waals surface area contributed by atoms with Gasteiger partial charge in [-0.1, -0.05) is 49.4 Å². The van der Waals surface area contributed by atoms with E-state index in [0.717, 1.165) is 34.8 Å². The Kier molecular flexibility index (Phi) is 6.49. The lowest BCUT2D eigenvalue weighted by atomic mass is 10.1. The number of aromatic nitrogens is 1. The first kappa shape index (κ1) is 20.8. The molecule has 3 aromatic rings. The fourth-order valence-electron chi connectivity index (χ4n) is 3.12. The number of H-pyrrole nitrogens is 1. The first-order chi connectivity index (χ1) is 13.9. The summed E-state index contributed by atoms with van der Waals surface area (Å²) in [5, 5.41) is 6.35. The molecule has 1 aromatic heterocycles. The van der Waals surface area contributed by atoms with E-state index in [4.69, 9.17) is 4.74 Å². The number of carbonyl (C=O) groups excluding carboxylic acids is 1. The van der Waals surface area contributed by atoms with Gasteiger partial charge in [-0.25, -0.2) is 4.79 Å². The Hall–Kier alpha value is -2.92. The molecule has 3 rings (SSSR count). The number of allylic oxidation sites excluding steroid dienone is 1. The molecule has 5 nitrogen and oxygen atoms in total. The van der Waals surface area contributed by atoms with Crippen LogP contribution in [-0.4, -0.2) is 23.2 Å². The topological polar surface area (TPSA) is 66.5 Å². The number of rotatable bonds is 5. The molecule has 0 aliphatic rings. The maximum Gasteiger partial charge on any atom is 0.434 e. The van der Waals surface area contributed by atoms with E-state index in [0.29, 0.717) is 5.36 Å². The molecular weight excluding hydrogens is 362 g/mol. The van der Waals surface area contributed by atoms with Crippen molar-refractivity contribution in [3.8, 4) is 0 Å². The number of ether oxygens (including phenoxy) is 1. The van der Waals surface area contributed by atoms with Crippen molar-refractivity contribution in [3.63, 3.8) is 0 Å². The van der Waals surface area contributed by atoms with Crippen LogP contribution in [0.3, 0.4) is 0 Å². The number of carbonyl (C=O) groups is 1. The van der Waals surface area contributed by atoms with Crippen LogP contribution in [0.25, 0.3) is 21.8 Å². The average Bonchev–Trinajstić information content (AvgIpc) is 2.88. The standard InChI is InChI=1S/C24H29N3O2/c1-5-6-7-14-29-23(28)26-18-11-9-12-19-20-13-8-10-17(16-25-24(2,3)4)22(20)27-21(19)15-18/h6-13,15,25,27H,5,14,16H2,1-4H3/b7-6+,26-18?. The zero-order valence-electron chi connectivity index (χ0n) is 17.6. The number of nitrogens with zero attached hydrogens (tertiary/aromatic N) is 1. The van der Waals surface area contributed by atoms with Gasteiger partial charge in [0.1, 0.15) is 6.61 Å². The Bertz CT molecular complexity index is 1100. The fourth-order valence-corrected chi connectivity index (χ4v) is 3.12. The molecular formula is C24H29N3O2. The van der Waals surface area contributed by atoms with E-state index in [-0.39, 0.29) is 12.1 Å². The molecule has 2 N–H and O–H groups in total. The van der Waals surface area contributed by atoms with Crippen LogP contribution in [0.1, 0.15) is 39.7 Å². The SMILES string of the molecule is CC/C=C/COC(=O)N=c1cccc2c(c1)[nH]c1c(CNC(C)(C)C)cccc12. The van der Waals surface area contributed by atoms with Crippen molar-refractivity contribution in [2.24, 2.45) is 4.99 Å². The van der Waals surface area contributed by atoms with Crippen molar-refractivity contribution in [1.29, 1.82) is 0 Å². The largest absolute Gasteiger partial charge is 0.444 e. The van der Waals surface area contributed by atoms with Crippen molar-refractivity contribution in [1.82, 2.24) is 10.3 Å². The number of para-hydroxylation sites is 1. The van der Waals surface area contributed by atoms with Crippen LogP contribution in [0.15, 0.2) is 59.6 Å². The van der Waals surface area contributed by atoms with E-state index in [1.165, 1.54) is 5.56 Å². The summed E-state index contributed by atoms with van der Waals surface area (Å²) in [6.45, 7) is 9.51. The number of benzene rings is 1. The summed E-state index contributed by atoms with van der Waals surface area (Å²) >= 11 is 0. The van der Waals surface area contributed by atoms with Gasteiger partial charge in [0.05, 0.1) is 10.9 Å². The molecule has 0 saturated carbocycles. The van der Waals surface area contributed by atoms with Crippen molar-refractivity contribution in [3.05, 3.63) is 65.5 Å². The summed E-state index contributed by atoms with van der Waals surface area (Å²) in [4.78, 5) is 19.6. The molecule has 2 aromatic carbocycles. The number of aromatic amines is 1. The summed E-state index contributed by atoms with van der Waals surface area (Å²) in [6.07, 6.45) is 4.10. The predicted molar refractivity (Wildman–Crippen MR) is 119 cm³/mol. The van der Waals surface area contributed by atoms with Crippen molar-refractivity contribution < 1.29 is 9.53 Å². The average molecular weight is 392 g/mol. The molecule has 0 radical (unpaired) electrons. The quantitative estimate of drug-likeness (QED) is 0.587. The minimum absolute atomic E-state index is 0.0410. The summed E-state index contributed by atoms with van der Waals surface area (Å²) in [6, 6.07) is 14.0. The van der Waals surface area contributed by atoms with Gasteiger partial charge in [0.15, 0.2) is 0 Å². The lowest BCUT2D eigenvalue weighted by molar-refractivity contribution is 0.168.